The fraction of sp³-hybridized carbons (Fsp3) is 0.786. The van der Waals surface area contributed by atoms with Crippen LogP contribution in [0.3, 0.4) is 0 Å². The third kappa shape index (κ3) is 11.7. The summed E-state index contributed by atoms with van der Waals surface area (Å²) in [5.41, 5.74) is 0. The minimum absolute atomic E-state index is 1.15. The Balaban J connectivity index is 2.81. The first kappa shape index (κ1) is 13.7. The first-order valence-corrected chi connectivity index (χ1v) is 6.34. The van der Waals surface area contributed by atoms with E-state index < -0.39 is 0 Å². The lowest BCUT2D eigenvalue weighted by atomic mass is 10.1. The van der Waals surface area contributed by atoms with Crippen LogP contribution in [0.1, 0.15) is 71.1 Å². The zero-order chi connectivity index (χ0) is 10.5. The molecule has 0 bridgehead atoms. The van der Waals surface area contributed by atoms with E-state index in [0.717, 1.165) is 6.42 Å². The van der Waals surface area contributed by atoms with Gasteiger partial charge in [-0.3, -0.25) is 0 Å². The molecule has 0 saturated heterocycles. The normalized spacial score (nSPS) is 10.4. The molecular weight excluding hydrogens is 168 g/mol. The van der Waals surface area contributed by atoms with Crippen LogP contribution in [0.15, 0.2) is 12.7 Å². The van der Waals surface area contributed by atoms with E-state index in [0.29, 0.717) is 0 Å². The largest absolute Gasteiger partial charge is 0.103 e. The molecule has 1 radical (unpaired) electrons. The Morgan fingerprint density at radius 3 is 2.07 bits per heavy atom. The molecule has 0 aliphatic rings. The monoisotopic (exact) mass is 195 g/mol. The van der Waals surface area contributed by atoms with Crippen LogP contribution in [-0.2, 0) is 0 Å². The molecule has 0 heterocycles. The fourth-order valence-corrected chi connectivity index (χ4v) is 1.63. The summed E-state index contributed by atoms with van der Waals surface area (Å²) >= 11 is 0. The predicted octanol–water partition coefficient (Wildman–Crippen LogP) is 5.30. The molecule has 0 unspecified atom stereocenters. The number of hydrogen-bond donors (Lipinski definition) is 0. The van der Waals surface area contributed by atoms with Gasteiger partial charge in [-0.2, -0.15) is 0 Å². The molecule has 14 heavy (non-hydrogen) atoms. The molecule has 0 N–H and O–H groups in total. The minimum atomic E-state index is 1.15. The number of unbranched alkanes of at least 4 members (excludes halogenated alkanes) is 10. The van der Waals surface area contributed by atoms with Gasteiger partial charge in [-0.05, 0) is 19.3 Å². The number of allylic oxidation sites excluding steroid dienone is 1. The van der Waals surface area contributed by atoms with Crippen molar-refractivity contribution in [3.63, 3.8) is 0 Å². The van der Waals surface area contributed by atoms with Gasteiger partial charge in [0.2, 0.25) is 0 Å². The molecule has 0 saturated carbocycles. The molecule has 0 nitrogen and oxygen atoms in total. The summed E-state index contributed by atoms with van der Waals surface area (Å²) in [5, 5.41) is 0. The lowest BCUT2D eigenvalue weighted by Gasteiger charge is -2.00. The van der Waals surface area contributed by atoms with Crippen molar-refractivity contribution in [2.75, 3.05) is 0 Å². The zero-order valence-electron chi connectivity index (χ0n) is 9.93. The summed E-state index contributed by atoms with van der Waals surface area (Å²) in [6, 6.07) is 0. The van der Waals surface area contributed by atoms with Gasteiger partial charge in [0.25, 0.3) is 0 Å². The van der Waals surface area contributed by atoms with Gasteiger partial charge in [-0.25, -0.2) is 0 Å². The van der Waals surface area contributed by atoms with Gasteiger partial charge < -0.3 is 0 Å². The second-order valence-electron chi connectivity index (χ2n) is 4.06. The average Bonchev–Trinajstić information content (AvgIpc) is 2.21. The van der Waals surface area contributed by atoms with Gasteiger partial charge in [-0.1, -0.05) is 64.4 Å². The summed E-state index contributed by atoms with van der Waals surface area (Å²) in [4.78, 5) is 0. The molecule has 0 spiro atoms. The van der Waals surface area contributed by atoms with Crippen LogP contribution in [-0.4, -0.2) is 0 Å². The van der Waals surface area contributed by atoms with Crippen LogP contribution in [0, 0.1) is 6.42 Å². The molecule has 0 aromatic carbocycles. The minimum Gasteiger partial charge on any atom is -0.103 e. The molecule has 0 aliphatic heterocycles. The van der Waals surface area contributed by atoms with Crippen LogP contribution >= 0.6 is 0 Å². The molecule has 0 aromatic rings. The number of hydrogen-bond acceptors (Lipinski definition) is 0. The standard InChI is InChI=1S/C14H27/c1-3-5-7-9-11-13-14-12-10-8-6-4-2/h3,9H,1,4-8,10-14H2,2H3. The predicted molar refractivity (Wildman–Crippen MR) is 66.3 cm³/mol. The van der Waals surface area contributed by atoms with E-state index in [1.165, 1.54) is 57.8 Å². The van der Waals surface area contributed by atoms with Crippen molar-refractivity contribution in [1.82, 2.24) is 0 Å². The SMILES string of the molecule is C=CCC[CH]CCCCCCCCC. The highest BCUT2D eigenvalue weighted by atomic mass is 14.0. The summed E-state index contributed by atoms with van der Waals surface area (Å²) in [6.07, 6.45) is 18.0. The smallest absolute Gasteiger partial charge is 0.0351 e. The first-order valence-electron chi connectivity index (χ1n) is 6.34. The van der Waals surface area contributed by atoms with E-state index in [-0.39, 0.29) is 0 Å². The van der Waals surface area contributed by atoms with Gasteiger partial charge in [-0.15, -0.1) is 6.58 Å². The van der Waals surface area contributed by atoms with Crippen molar-refractivity contribution >= 4 is 0 Å². The topological polar surface area (TPSA) is 0 Å². The van der Waals surface area contributed by atoms with Crippen LogP contribution in [0.5, 0.6) is 0 Å². The maximum Gasteiger partial charge on any atom is -0.0351 e. The van der Waals surface area contributed by atoms with Gasteiger partial charge in [0.15, 0.2) is 0 Å². The maximum absolute atomic E-state index is 3.72. The summed E-state index contributed by atoms with van der Waals surface area (Å²) < 4.78 is 0. The summed E-state index contributed by atoms with van der Waals surface area (Å²) in [6.45, 7) is 5.99. The van der Waals surface area contributed by atoms with E-state index in [4.69, 9.17) is 0 Å². The van der Waals surface area contributed by atoms with Gasteiger partial charge in [0, 0.05) is 0 Å². The molecule has 0 rings (SSSR count). The Hall–Kier alpha value is -0.260. The Morgan fingerprint density at radius 2 is 1.43 bits per heavy atom. The first-order chi connectivity index (χ1) is 6.91. The van der Waals surface area contributed by atoms with Crippen LogP contribution in [0.4, 0.5) is 0 Å². The van der Waals surface area contributed by atoms with Crippen molar-refractivity contribution in [3.8, 4) is 0 Å². The summed E-state index contributed by atoms with van der Waals surface area (Å²) in [7, 11) is 0. The van der Waals surface area contributed by atoms with Crippen LogP contribution in [0.2, 0.25) is 0 Å². The fourth-order valence-electron chi connectivity index (χ4n) is 1.63. The lowest BCUT2D eigenvalue weighted by Crippen LogP contribution is -1.81. The van der Waals surface area contributed by atoms with E-state index in [1.54, 1.807) is 0 Å². The molecule has 83 valence electrons. The molecule has 0 aromatic heterocycles. The van der Waals surface area contributed by atoms with Crippen molar-refractivity contribution in [3.05, 3.63) is 19.1 Å². The van der Waals surface area contributed by atoms with Gasteiger partial charge in [0.05, 0.1) is 0 Å². The van der Waals surface area contributed by atoms with Crippen molar-refractivity contribution < 1.29 is 0 Å². The highest BCUT2D eigenvalue weighted by Crippen LogP contribution is 2.10. The second-order valence-corrected chi connectivity index (χ2v) is 4.06. The van der Waals surface area contributed by atoms with E-state index >= 15 is 0 Å². The van der Waals surface area contributed by atoms with Crippen molar-refractivity contribution in [1.29, 1.82) is 0 Å². The van der Waals surface area contributed by atoms with Crippen LogP contribution < -0.4 is 0 Å². The van der Waals surface area contributed by atoms with Gasteiger partial charge >= 0.3 is 0 Å². The molecule has 0 fully saturated rings. The zero-order valence-corrected chi connectivity index (χ0v) is 9.93. The van der Waals surface area contributed by atoms with Crippen LogP contribution in [0.25, 0.3) is 0 Å². The molecule has 0 aliphatic carbocycles. The average molecular weight is 195 g/mol. The van der Waals surface area contributed by atoms with E-state index in [9.17, 15) is 0 Å². The Kier molecular flexibility index (Phi) is 12.5. The second kappa shape index (κ2) is 12.7. The van der Waals surface area contributed by atoms with Crippen molar-refractivity contribution in [2.24, 2.45) is 0 Å². The molecular formula is C14H27. The summed E-state index contributed by atoms with van der Waals surface area (Å²) in [5.74, 6) is 0. The van der Waals surface area contributed by atoms with E-state index in [1.807, 2.05) is 6.08 Å². The van der Waals surface area contributed by atoms with E-state index in [2.05, 4.69) is 19.9 Å². The Morgan fingerprint density at radius 1 is 0.786 bits per heavy atom. The molecule has 0 heteroatoms. The third-order valence-corrected chi connectivity index (χ3v) is 2.59. The molecule has 0 amide bonds. The highest BCUT2D eigenvalue weighted by molar-refractivity contribution is 4.73. The quantitative estimate of drug-likeness (QED) is 0.310. The highest BCUT2D eigenvalue weighted by Gasteiger charge is 1.91. The third-order valence-electron chi connectivity index (χ3n) is 2.59. The maximum atomic E-state index is 3.72. The lowest BCUT2D eigenvalue weighted by molar-refractivity contribution is 0.584. The number of rotatable bonds is 11. The molecule has 0 atom stereocenters. The van der Waals surface area contributed by atoms with Gasteiger partial charge in [0.1, 0.15) is 0 Å². The Bertz CT molecular complexity index is 105. The van der Waals surface area contributed by atoms with Crippen molar-refractivity contribution in [2.45, 2.75) is 71.1 Å². The Labute approximate surface area is 90.8 Å².